The number of hydrogen-bond acceptors (Lipinski definition) is 4. The van der Waals surface area contributed by atoms with Gasteiger partial charge in [0, 0.05) is 18.5 Å². The Morgan fingerprint density at radius 1 is 1.39 bits per heavy atom. The largest absolute Gasteiger partial charge is 0.481 e. The number of nitrogens with zero attached hydrogens (tertiary/aromatic N) is 1. The summed E-state index contributed by atoms with van der Waals surface area (Å²) >= 11 is 0. The number of likely N-dealkylation sites (tertiary alicyclic amines) is 1. The molecule has 23 heavy (non-hydrogen) atoms. The average Bonchev–Trinajstić information content (AvgIpc) is 3.01. The van der Waals surface area contributed by atoms with Gasteiger partial charge < -0.3 is 19.5 Å². The number of piperidine rings is 1. The number of aliphatic carboxylic acids is 1. The quantitative estimate of drug-likeness (QED) is 0.902. The molecule has 3 rings (SSSR count). The predicted molar refractivity (Wildman–Crippen MR) is 82.3 cm³/mol. The summed E-state index contributed by atoms with van der Waals surface area (Å²) in [6.07, 6.45) is 2.43. The molecular weight excluding hydrogens is 298 g/mol. The number of carbonyl (C=O) groups is 2. The van der Waals surface area contributed by atoms with Gasteiger partial charge in [-0.3, -0.25) is 9.59 Å². The van der Waals surface area contributed by atoms with Crippen LogP contribution in [-0.4, -0.2) is 35.2 Å². The lowest BCUT2D eigenvalue weighted by molar-refractivity contribution is -0.152. The van der Waals surface area contributed by atoms with E-state index in [1.807, 2.05) is 12.1 Å². The molecule has 0 bridgehead atoms. The standard InChI is InChI=1S/C17H21NO5/c1-2-3-9-18-14(19)8-7-12(17(20)21)15(18)11-5-4-6-13-16(11)23-10-22-13/h4-6,12,15H,2-3,7-10H2,1H3,(H,20,21)/t12-,15+/m1/s1. The van der Waals surface area contributed by atoms with Crippen LogP contribution in [0.4, 0.5) is 0 Å². The minimum Gasteiger partial charge on any atom is -0.481 e. The summed E-state index contributed by atoms with van der Waals surface area (Å²) in [5.74, 6) is -0.307. The first kappa shape index (κ1) is 15.6. The number of carboxylic acids is 1. The molecule has 1 saturated heterocycles. The number of carboxylic acid groups (broad SMARTS) is 1. The Labute approximate surface area is 135 Å². The van der Waals surface area contributed by atoms with Crippen molar-refractivity contribution in [2.45, 2.75) is 38.6 Å². The zero-order chi connectivity index (χ0) is 16.4. The number of ether oxygens (including phenoxy) is 2. The van der Waals surface area contributed by atoms with Crippen molar-refractivity contribution >= 4 is 11.9 Å². The Morgan fingerprint density at radius 3 is 2.96 bits per heavy atom. The second-order valence-electron chi connectivity index (χ2n) is 5.95. The van der Waals surface area contributed by atoms with E-state index in [2.05, 4.69) is 6.92 Å². The van der Waals surface area contributed by atoms with E-state index in [1.54, 1.807) is 11.0 Å². The molecule has 2 heterocycles. The lowest BCUT2D eigenvalue weighted by Crippen LogP contribution is -2.45. The Hall–Kier alpha value is -2.24. The molecule has 2 atom stereocenters. The topological polar surface area (TPSA) is 76.1 Å². The summed E-state index contributed by atoms with van der Waals surface area (Å²) in [4.78, 5) is 25.9. The highest BCUT2D eigenvalue weighted by Crippen LogP contribution is 2.45. The molecule has 6 nitrogen and oxygen atoms in total. The molecule has 1 aromatic rings. The zero-order valence-electron chi connectivity index (χ0n) is 13.2. The highest BCUT2D eigenvalue weighted by atomic mass is 16.7. The number of rotatable bonds is 5. The summed E-state index contributed by atoms with van der Waals surface area (Å²) in [6.45, 7) is 2.74. The number of benzene rings is 1. The van der Waals surface area contributed by atoms with Crippen molar-refractivity contribution in [3.05, 3.63) is 23.8 Å². The molecule has 0 radical (unpaired) electrons. The van der Waals surface area contributed by atoms with Crippen LogP contribution in [-0.2, 0) is 9.59 Å². The van der Waals surface area contributed by atoms with Crippen molar-refractivity contribution < 1.29 is 24.2 Å². The maximum absolute atomic E-state index is 12.4. The molecule has 0 saturated carbocycles. The Balaban J connectivity index is 2.03. The fourth-order valence-electron chi connectivity index (χ4n) is 3.37. The van der Waals surface area contributed by atoms with Gasteiger partial charge in [0.15, 0.2) is 11.5 Å². The van der Waals surface area contributed by atoms with Crippen LogP contribution in [0, 0.1) is 5.92 Å². The summed E-state index contributed by atoms with van der Waals surface area (Å²) < 4.78 is 10.9. The van der Waals surface area contributed by atoms with Crippen LogP contribution in [0.5, 0.6) is 11.5 Å². The van der Waals surface area contributed by atoms with Gasteiger partial charge in [0.05, 0.1) is 12.0 Å². The van der Waals surface area contributed by atoms with Crippen molar-refractivity contribution in [2.24, 2.45) is 5.92 Å². The van der Waals surface area contributed by atoms with Crippen LogP contribution < -0.4 is 9.47 Å². The number of para-hydroxylation sites is 1. The first-order chi connectivity index (χ1) is 11.1. The van der Waals surface area contributed by atoms with Gasteiger partial charge in [-0.2, -0.15) is 0 Å². The maximum Gasteiger partial charge on any atom is 0.308 e. The van der Waals surface area contributed by atoms with Gasteiger partial charge >= 0.3 is 5.97 Å². The van der Waals surface area contributed by atoms with E-state index in [-0.39, 0.29) is 19.1 Å². The fraction of sp³-hybridized carbons (Fsp3) is 0.529. The van der Waals surface area contributed by atoms with Crippen molar-refractivity contribution in [3.8, 4) is 11.5 Å². The highest BCUT2D eigenvalue weighted by Gasteiger charge is 2.42. The summed E-state index contributed by atoms with van der Waals surface area (Å²) in [5.41, 5.74) is 0.733. The van der Waals surface area contributed by atoms with E-state index in [0.717, 1.165) is 18.4 Å². The van der Waals surface area contributed by atoms with Gasteiger partial charge in [-0.1, -0.05) is 25.5 Å². The molecular formula is C17H21NO5. The molecule has 0 unspecified atom stereocenters. The Bertz CT molecular complexity index is 615. The molecule has 1 N–H and O–H groups in total. The molecule has 124 valence electrons. The number of unbranched alkanes of at least 4 members (excludes halogenated alkanes) is 1. The van der Waals surface area contributed by atoms with Crippen LogP contribution in [0.2, 0.25) is 0 Å². The molecule has 0 aliphatic carbocycles. The van der Waals surface area contributed by atoms with Crippen LogP contribution in [0.3, 0.4) is 0 Å². The lowest BCUT2D eigenvalue weighted by atomic mass is 9.83. The summed E-state index contributed by atoms with van der Waals surface area (Å²) in [6, 6.07) is 4.95. The van der Waals surface area contributed by atoms with E-state index < -0.39 is 17.9 Å². The van der Waals surface area contributed by atoms with Gasteiger partial charge in [0.2, 0.25) is 12.7 Å². The maximum atomic E-state index is 12.4. The van der Waals surface area contributed by atoms with E-state index in [1.165, 1.54) is 0 Å². The van der Waals surface area contributed by atoms with E-state index >= 15 is 0 Å². The third-order valence-corrected chi connectivity index (χ3v) is 4.52. The predicted octanol–water partition coefficient (Wildman–Crippen LogP) is 2.58. The number of amides is 1. The normalized spacial score (nSPS) is 23.2. The molecule has 1 amide bonds. The SMILES string of the molecule is CCCCN1C(=O)CC[C@@H](C(=O)O)[C@@H]1c1cccc2c1OCO2. The van der Waals surface area contributed by atoms with Crippen LogP contribution in [0.1, 0.15) is 44.2 Å². The fourth-order valence-corrected chi connectivity index (χ4v) is 3.37. The molecule has 2 aliphatic heterocycles. The minimum absolute atomic E-state index is 0.0115. The molecule has 6 heteroatoms. The molecule has 0 spiro atoms. The molecule has 2 aliphatic rings. The Morgan fingerprint density at radius 2 is 2.22 bits per heavy atom. The van der Waals surface area contributed by atoms with E-state index in [4.69, 9.17) is 9.47 Å². The Kier molecular flexibility index (Phi) is 4.41. The van der Waals surface area contributed by atoms with Crippen LogP contribution >= 0.6 is 0 Å². The number of hydrogen-bond donors (Lipinski definition) is 1. The smallest absolute Gasteiger partial charge is 0.308 e. The third kappa shape index (κ3) is 2.85. The van der Waals surface area contributed by atoms with Crippen molar-refractivity contribution in [1.82, 2.24) is 4.90 Å². The zero-order valence-corrected chi connectivity index (χ0v) is 13.2. The van der Waals surface area contributed by atoms with E-state index in [0.29, 0.717) is 24.5 Å². The number of carbonyl (C=O) groups excluding carboxylic acids is 1. The lowest BCUT2D eigenvalue weighted by Gasteiger charge is -2.40. The monoisotopic (exact) mass is 319 g/mol. The van der Waals surface area contributed by atoms with Crippen molar-refractivity contribution in [3.63, 3.8) is 0 Å². The summed E-state index contributed by atoms with van der Waals surface area (Å²) in [5, 5.41) is 9.64. The van der Waals surface area contributed by atoms with E-state index in [9.17, 15) is 14.7 Å². The second kappa shape index (κ2) is 6.48. The van der Waals surface area contributed by atoms with Gasteiger partial charge in [-0.05, 0) is 18.9 Å². The third-order valence-electron chi connectivity index (χ3n) is 4.52. The average molecular weight is 319 g/mol. The van der Waals surface area contributed by atoms with Gasteiger partial charge in [-0.25, -0.2) is 0 Å². The van der Waals surface area contributed by atoms with Crippen molar-refractivity contribution in [1.29, 1.82) is 0 Å². The first-order valence-corrected chi connectivity index (χ1v) is 8.04. The highest BCUT2D eigenvalue weighted by molar-refractivity contribution is 5.82. The first-order valence-electron chi connectivity index (χ1n) is 8.04. The molecule has 0 aromatic heterocycles. The minimum atomic E-state index is -0.875. The second-order valence-corrected chi connectivity index (χ2v) is 5.95. The van der Waals surface area contributed by atoms with Gasteiger partial charge in [-0.15, -0.1) is 0 Å². The van der Waals surface area contributed by atoms with Gasteiger partial charge in [0.1, 0.15) is 0 Å². The van der Waals surface area contributed by atoms with Crippen molar-refractivity contribution in [2.75, 3.05) is 13.3 Å². The van der Waals surface area contributed by atoms with Gasteiger partial charge in [0.25, 0.3) is 0 Å². The summed E-state index contributed by atoms with van der Waals surface area (Å²) in [7, 11) is 0. The van der Waals surface area contributed by atoms with Crippen LogP contribution in [0.25, 0.3) is 0 Å². The molecule has 1 fully saturated rings. The molecule has 1 aromatic carbocycles. The number of fused-ring (bicyclic) bond motifs is 1. The van der Waals surface area contributed by atoms with Crippen LogP contribution in [0.15, 0.2) is 18.2 Å².